The summed E-state index contributed by atoms with van der Waals surface area (Å²) in [5.41, 5.74) is 2.68. The molecular formula is C26H25ClFN5O6S. The zero-order valence-electron chi connectivity index (χ0n) is 21.5. The molecule has 0 saturated carbocycles. The molecule has 0 aliphatic carbocycles. The monoisotopic (exact) mass is 589 g/mol. The topological polar surface area (TPSA) is 152 Å². The fourth-order valence-electron chi connectivity index (χ4n) is 3.19. The average molecular weight is 590 g/mol. The predicted molar refractivity (Wildman–Crippen MR) is 150 cm³/mol. The number of nitrogens with one attached hydrogen (secondary N) is 3. The van der Waals surface area contributed by atoms with Crippen LogP contribution in [0.15, 0.2) is 71.8 Å². The van der Waals surface area contributed by atoms with Crippen molar-refractivity contribution in [2.75, 3.05) is 30.1 Å². The molecule has 0 spiro atoms. The van der Waals surface area contributed by atoms with Gasteiger partial charge in [-0.05, 0) is 55.5 Å². The van der Waals surface area contributed by atoms with Gasteiger partial charge in [0, 0.05) is 18.4 Å². The number of hydrogen-bond donors (Lipinski definition) is 4. The van der Waals surface area contributed by atoms with E-state index in [0.717, 1.165) is 11.8 Å². The van der Waals surface area contributed by atoms with Crippen molar-refractivity contribution in [2.24, 2.45) is 0 Å². The van der Waals surface area contributed by atoms with Crippen LogP contribution < -0.4 is 25.4 Å². The number of carbonyl (C=O) groups excluding carboxylic acids is 1. The Labute approximate surface area is 235 Å². The Morgan fingerprint density at radius 1 is 1.00 bits per heavy atom. The lowest BCUT2D eigenvalue weighted by Gasteiger charge is -2.12. The summed E-state index contributed by atoms with van der Waals surface area (Å²) in [7, 11) is -0.825. The van der Waals surface area contributed by atoms with Gasteiger partial charge in [0.05, 0.1) is 28.9 Å². The fraction of sp³-hybridized carbons (Fsp3) is 0.115. The minimum absolute atomic E-state index is 0.0292. The molecule has 4 aromatic rings. The molecule has 11 nitrogen and oxygen atoms in total. The van der Waals surface area contributed by atoms with Gasteiger partial charge < -0.3 is 25.4 Å². The van der Waals surface area contributed by atoms with E-state index in [0.29, 0.717) is 40.1 Å². The number of aryl methyl sites for hydroxylation is 1. The fourth-order valence-corrected chi connectivity index (χ4v) is 3.93. The molecule has 0 aliphatic rings. The van der Waals surface area contributed by atoms with E-state index in [1.165, 1.54) is 19.2 Å². The van der Waals surface area contributed by atoms with Crippen LogP contribution in [0.4, 0.5) is 33.2 Å². The lowest BCUT2D eigenvalue weighted by molar-refractivity contribution is -0.120. The Kier molecular flexibility index (Phi) is 10.2. The first-order valence-corrected chi connectivity index (χ1v) is 13.2. The maximum absolute atomic E-state index is 14.2. The maximum atomic E-state index is 14.2. The normalized spacial score (nSPS) is 10.6. The molecule has 1 aromatic heterocycles. The Bertz CT molecular complexity index is 1590. The van der Waals surface area contributed by atoms with Gasteiger partial charge >= 0.3 is 0 Å². The van der Waals surface area contributed by atoms with Crippen molar-refractivity contribution in [3.8, 4) is 11.5 Å². The molecule has 3 aromatic carbocycles. The Hall–Kier alpha value is -4.46. The van der Waals surface area contributed by atoms with Crippen LogP contribution in [-0.2, 0) is 14.9 Å². The molecule has 14 heteroatoms. The van der Waals surface area contributed by atoms with Crippen molar-refractivity contribution < 1.29 is 31.6 Å². The number of anilines is 5. The molecule has 0 saturated heterocycles. The van der Waals surface area contributed by atoms with E-state index >= 15 is 0 Å². The highest BCUT2D eigenvalue weighted by Gasteiger charge is 2.11. The smallest absolute Gasteiger partial charge is 0.298 e. The third kappa shape index (κ3) is 8.27. The first-order valence-electron chi connectivity index (χ1n) is 11.4. The highest BCUT2D eigenvalue weighted by Crippen LogP contribution is 2.30. The Morgan fingerprint density at radius 2 is 1.65 bits per heavy atom. The van der Waals surface area contributed by atoms with Gasteiger partial charge in [-0.25, -0.2) is 9.37 Å². The molecular weight excluding hydrogens is 565 g/mol. The van der Waals surface area contributed by atoms with Gasteiger partial charge in [-0.1, -0.05) is 29.3 Å². The summed E-state index contributed by atoms with van der Waals surface area (Å²) in [6, 6.07) is 15.9. The lowest BCUT2D eigenvalue weighted by atomic mass is 10.2. The van der Waals surface area contributed by atoms with Crippen molar-refractivity contribution in [1.82, 2.24) is 9.97 Å². The van der Waals surface area contributed by atoms with Crippen molar-refractivity contribution in [3.05, 3.63) is 83.3 Å². The van der Waals surface area contributed by atoms with Crippen molar-refractivity contribution >= 4 is 57.0 Å². The number of ether oxygens (including phenoxy) is 2. The Morgan fingerprint density at radius 3 is 2.23 bits per heavy atom. The molecule has 0 radical (unpaired) electrons. The van der Waals surface area contributed by atoms with Gasteiger partial charge in [-0.15, -0.1) is 0 Å². The molecule has 210 valence electrons. The van der Waals surface area contributed by atoms with Gasteiger partial charge in [0.25, 0.3) is 16.6 Å². The lowest BCUT2D eigenvalue weighted by Crippen LogP contribution is -2.04. The third-order valence-electron chi connectivity index (χ3n) is 5.16. The number of hydrogen-bond acceptors (Lipinski definition) is 10. The summed E-state index contributed by atoms with van der Waals surface area (Å²) in [6.07, 6.45) is 1.05. The molecule has 0 atom stereocenters. The SMILES string of the molecule is CNc1cc(Nc2ncc(F)c(Nc3ccc(OC)c(Cl)c3)n2)ccc1OC=O.Cc1ccc(S(=O)(=O)O)cc1. The third-order valence-corrected chi connectivity index (χ3v) is 6.32. The van der Waals surface area contributed by atoms with Gasteiger partial charge in [0.1, 0.15) is 5.75 Å². The quantitative estimate of drug-likeness (QED) is 0.143. The number of methoxy groups -OCH3 is 1. The molecule has 40 heavy (non-hydrogen) atoms. The predicted octanol–water partition coefficient (Wildman–Crippen LogP) is 5.58. The minimum atomic E-state index is -4.02. The number of benzene rings is 3. The Balaban J connectivity index is 0.000000336. The van der Waals surface area contributed by atoms with E-state index in [-0.39, 0.29) is 16.7 Å². The van der Waals surface area contributed by atoms with Crippen LogP contribution in [0.5, 0.6) is 11.5 Å². The summed E-state index contributed by atoms with van der Waals surface area (Å²) in [5.74, 6) is 0.378. The summed E-state index contributed by atoms with van der Waals surface area (Å²) >= 11 is 6.10. The van der Waals surface area contributed by atoms with E-state index in [1.807, 2.05) is 6.92 Å². The van der Waals surface area contributed by atoms with Crippen LogP contribution in [-0.4, -0.2) is 43.6 Å². The summed E-state index contributed by atoms with van der Waals surface area (Å²) < 4.78 is 53.7. The second kappa shape index (κ2) is 13.6. The van der Waals surface area contributed by atoms with E-state index < -0.39 is 15.9 Å². The van der Waals surface area contributed by atoms with Crippen molar-refractivity contribution in [2.45, 2.75) is 11.8 Å². The second-order valence-electron chi connectivity index (χ2n) is 7.95. The molecule has 0 fully saturated rings. The molecule has 4 rings (SSSR count). The number of halogens is 2. The van der Waals surface area contributed by atoms with E-state index in [2.05, 4.69) is 25.9 Å². The van der Waals surface area contributed by atoms with Crippen molar-refractivity contribution in [1.29, 1.82) is 0 Å². The number of rotatable bonds is 9. The van der Waals surface area contributed by atoms with Gasteiger partial charge in [0.15, 0.2) is 17.4 Å². The van der Waals surface area contributed by atoms with Crippen LogP contribution in [0.2, 0.25) is 5.02 Å². The summed E-state index contributed by atoms with van der Waals surface area (Å²) in [4.78, 5) is 18.6. The first kappa shape index (κ1) is 30.1. The van der Waals surface area contributed by atoms with Crippen LogP contribution in [0.3, 0.4) is 0 Å². The van der Waals surface area contributed by atoms with Crippen LogP contribution in [0, 0.1) is 12.7 Å². The molecule has 0 bridgehead atoms. The largest absolute Gasteiger partial charge is 0.495 e. The molecule has 4 N–H and O–H groups in total. The van der Waals surface area contributed by atoms with E-state index in [9.17, 15) is 17.6 Å². The summed E-state index contributed by atoms with van der Waals surface area (Å²) in [5, 5.41) is 9.13. The van der Waals surface area contributed by atoms with E-state index in [4.69, 9.17) is 25.6 Å². The number of nitrogens with zero attached hydrogens (tertiary/aromatic N) is 2. The zero-order valence-corrected chi connectivity index (χ0v) is 23.0. The first-order chi connectivity index (χ1) is 19.0. The zero-order chi connectivity index (χ0) is 29.3. The van der Waals surface area contributed by atoms with Crippen molar-refractivity contribution in [3.63, 3.8) is 0 Å². The van der Waals surface area contributed by atoms with Gasteiger partial charge in [0.2, 0.25) is 5.95 Å². The minimum Gasteiger partial charge on any atom is -0.495 e. The second-order valence-corrected chi connectivity index (χ2v) is 9.78. The molecule has 0 aliphatic heterocycles. The maximum Gasteiger partial charge on any atom is 0.298 e. The van der Waals surface area contributed by atoms with Gasteiger partial charge in [-0.3, -0.25) is 9.35 Å². The molecule has 1 heterocycles. The number of carbonyl (C=O) groups is 1. The molecule has 0 amide bonds. The van der Waals surface area contributed by atoms with Gasteiger partial charge in [-0.2, -0.15) is 13.4 Å². The average Bonchev–Trinajstić information content (AvgIpc) is 2.92. The molecule has 0 unspecified atom stereocenters. The van der Waals surface area contributed by atoms with E-state index in [1.54, 1.807) is 55.6 Å². The highest BCUT2D eigenvalue weighted by atomic mass is 35.5. The van der Waals surface area contributed by atoms with Crippen LogP contribution in [0.25, 0.3) is 0 Å². The standard InChI is InChI=1S/C19H17ClFN5O3.C7H8O3S/c1-22-15-8-12(4-6-17(15)29-10-27)25-19-23-9-14(21)18(26-19)24-11-3-5-16(28-2)13(20)7-11;1-6-2-4-7(5-3-6)11(8,9)10/h3-10,22H,1-2H3,(H2,23,24,25,26);2-5H,1H3,(H,8,9,10). The van der Waals surface area contributed by atoms with Crippen LogP contribution in [0.1, 0.15) is 5.56 Å². The highest BCUT2D eigenvalue weighted by molar-refractivity contribution is 7.85. The summed E-state index contributed by atoms with van der Waals surface area (Å²) in [6.45, 7) is 2.18. The number of aromatic nitrogens is 2. The van der Waals surface area contributed by atoms with Crippen LogP contribution >= 0.6 is 11.6 Å².